The summed E-state index contributed by atoms with van der Waals surface area (Å²) in [5.41, 5.74) is -0.818. The summed E-state index contributed by atoms with van der Waals surface area (Å²) in [5.74, 6) is 0.291. The molecular formula is C15H21BrN2O2S. The maximum Gasteiger partial charge on any atom is 0.246 e. The van der Waals surface area contributed by atoms with Crippen LogP contribution in [0.25, 0.3) is 0 Å². The minimum atomic E-state index is -0.818. The van der Waals surface area contributed by atoms with Crippen LogP contribution in [-0.2, 0) is 16.1 Å². The molecule has 0 radical (unpaired) electrons. The summed E-state index contributed by atoms with van der Waals surface area (Å²) < 4.78 is 1.03. The monoisotopic (exact) mass is 372 g/mol. The molecule has 2 amide bonds. The molecule has 1 fully saturated rings. The molecule has 0 aliphatic carbocycles. The number of piperazine rings is 1. The third-order valence-corrected chi connectivity index (χ3v) is 5.36. The van der Waals surface area contributed by atoms with Crippen LogP contribution in [0, 0.1) is 5.92 Å². The first-order valence-corrected chi connectivity index (χ1v) is 8.69. The van der Waals surface area contributed by atoms with Crippen LogP contribution in [0.15, 0.2) is 15.9 Å². The molecule has 116 valence electrons. The highest BCUT2D eigenvalue weighted by atomic mass is 79.9. The van der Waals surface area contributed by atoms with Crippen LogP contribution in [-0.4, -0.2) is 28.3 Å². The van der Waals surface area contributed by atoms with Crippen molar-refractivity contribution < 1.29 is 9.59 Å². The lowest BCUT2D eigenvalue weighted by Gasteiger charge is -2.44. The van der Waals surface area contributed by atoms with Gasteiger partial charge in [0.1, 0.15) is 11.6 Å². The first-order chi connectivity index (χ1) is 9.71. The number of carbonyl (C=O) groups excluding carboxylic acids is 2. The smallest absolute Gasteiger partial charge is 0.246 e. The van der Waals surface area contributed by atoms with E-state index in [9.17, 15) is 9.59 Å². The number of thiophene rings is 1. The van der Waals surface area contributed by atoms with Gasteiger partial charge in [-0.2, -0.15) is 0 Å². The lowest BCUT2D eigenvalue weighted by atomic mass is 9.92. The van der Waals surface area contributed by atoms with Crippen molar-refractivity contribution in [3.05, 3.63) is 20.8 Å². The number of carbonyl (C=O) groups is 2. The Hall–Kier alpha value is -0.880. The molecule has 1 saturated heterocycles. The summed E-state index contributed by atoms with van der Waals surface area (Å²) in [7, 11) is 0. The van der Waals surface area contributed by atoms with Gasteiger partial charge in [-0.3, -0.25) is 9.59 Å². The fraction of sp³-hybridized carbons (Fsp3) is 0.600. The first kappa shape index (κ1) is 16.5. The predicted molar refractivity (Wildman–Crippen MR) is 88.0 cm³/mol. The summed E-state index contributed by atoms with van der Waals surface area (Å²) in [6.45, 7) is 8.19. The van der Waals surface area contributed by atoms with Gasteiger partial charge in [0.2, 0.25) is 11.8 Å². The third-order valence-electron chi connectivity index (χ3n) is 3.75. The zero-order chi connectivity index (χ0) is 15.8. The summed E-state index contributed by atoms with van der Waals surface area (Å²) in [4.78, 5) is 27.9. The highest BCUT2D eigenvalue weighted by molar-refractivity contribution is 9.11. The lowest BCUT2D eigenvalue weighted by Crippen LogP contribution is -2.68. The van der Waals surface area contributed by atoms with Crippen molar-refractivity contribution in [3.8, 4) is 0 Å². The molecule has 0 saturated carbocycles. The second-order valence-corrected chi connectivity index (χ2v) is 8.89. The number of halogens is 1. The van der Waals surface area contributed by atoms with Gasteiger partial charge in [0, 0.05) is 4.88 Å². The van der Waals surface area contributed by atoms with Gasteiger partial charge in [-0.15, -0.1) is 11.3 Å². The van der Waals surface area contributed by atoms with Crippen molar-refractivity contribution in [2.24, 2.45) is 5.92 Å². The van der Waals surface area contributed by atoms with E-state index in [0.717, 1.165) is 8.66 Å². The van der Waals surface area contributed by atoms with Gasteiger partial charge in [0.05, 0.1) is 10.3 Å². The van der Waals surface area contributed by atoms with Crippen LogP contribution in [0.1, 0.15) is 39.0 Å². The Labute approximate surface area is 138 Å². The maximum absolute atomic E-state index is 12.7. The van der Waals surface area contributed by atoms with Gasteiger partial charge in [0.25, 0.3) is 0 Å². The van der Waals surface area contributed by atoms with Crippen molar-refractivity contribution in [2.75, 3.05) is 0 Å². The van der Waals surface area contributed by atoms with Crippen molar-refractivity contribution in [2.45, 2.75) is 52.2 Å². The summed E-state index contributed by atoms with van der Waals surface area (Å²) in [5, 5.41) is 2.87. The van der Waals surface area contributed by atoms with E-state index in [4.69, 9.17) is 0 Å². The molecule has 21 heavy (non-hydrogen) atoms. The number of hydrogen-bond acceptors (Lipinski definition) is 3. The van der Waals surface area contributed by atoms with E-state index in [0.29, 0.717) is 18.9 Å². The summed E-state index contributed by atoms with van der Waals surface area (Å²) in [6, 6.07) is 3.55. The van der Waals surface area contributed by atoms with E-state index >= 15 is 0 Å². The van der Waals surface area contributed by atoms with Gasteiger partial charge in [-0.1, -0.05) is 13.8 Å². The van der Waals surface area contributed by atoms with E-state index in [1.54, 1.807) is 30.1 Å². The van der Waals surface area contributed by atoms with Gasteiger partial charge >= 0.3 is 0 Å². The molecule has 1 aliphatic rings. The van der Waals surface area contributed by atoms with Gasteiger partial charge in [0.15, 0.2) is 0 Å². The van der Waals surface area contributed by atoms with Crippen molar-refractivity contribution >= 4 is 39.1 Å². The SMILES string of the molecule is CC(C)CC1NC(=O)C(C)(C)N(Cc2ccc(Br)s2)C1=O. The molecule has 1 aromatic rings. The minimum absolute atomic E-state index is 0.0119. The predicted octanol–water partition coefficient (Wildman–Crippen LogP) is 3.16. The highest BCUT2D eigenvalue weighted by Gasteiger charge is 2.46. The first-order valence-electron chi connectivity index (χ1n) is 7.08. The standard InChI is InChI=1S/C15H21BrN2O2S/c1-9(2)7-11-13(19)18(15(3,4)14(20)17-11)8-10-5-6-12(16)21-10/h5-6,9,11H,7-8H2,1-4H3,(H,17,20). The fourth-order valence-electron chi connectivity index (χ4n) is 2.48. The number of amides is 2. The van der Waals surface area contributed by atoms with E-state index in [-0.39, 0.29) is 11.8 Å². The van der Waals surface area contributed by atoms with E-state index in [2.05, 4.69) is 35.1 Å². The second-order valence-electron chi connectivity index (χ2n) is 6.34. The summed E-state index contributed by atoms with van der Waals surface area (Å²) >= 11 is 5.02. The molecule has 2 rings (SSSR count). The summed E-state index contributed by atoms with van der Waals surface area (Å²) in [6.07, 6.45) is 0.672. The van der Waals surface area contributed by atoms with Crippen molar-refractivity contribution in [3.63, 3.8) is 0 Å². The molecule has 6 heteroatoms. The Morgan fingerprint density at radius 2 is 2.05 bits per heavy atom. The van der Waals surface area contributed by atoms with Crippen LogP contribution >= 0.6 is 27.3 Å². The third kappa shape index (κ3) is 3.48. The zero-order valence-electron chi connectivity index (χ0n) is 12.8. The molecule has 1 aliphatic heterocycles. The van der Waals surface area contributed by atoms with E-state index < -0.39 is 11.6 Å². The molecule has 0 aromatic carbocycles. The molecule has 1 N–H and O–H groups in total. The Morgan fingerprint density at radius 3 is 2.57 bits per heavy atom. The second kappa shape index (κ2) is 6.08. The molecule has 4 nitrogen and oxygen atoms in total. The van der Waals surface area contributed by atoms with Crippen molar-refractivity contribution in [1.82, 2.24) is 10.2 Å². The lowest BCUT2D eigenvalue weighted by molar-refractivity contribution is -0.156. The van der Waals surface area contributed by atoms with E-state index in [1.807, 2.05) is 12.1 Å². The van der Waals surface area contributed by atoms with E-state index in [1.165, 1.54) is 0 Å². The Morgan fingerprint density at radius 1 is 1.38 bits per heavy atom. The molecule has 0 bridgehead atoms. The number of nitrogens with zero attached hydrogens (tertiary/aromatic N) is 1. The quantitative estimate of drug-likeness (QED) is 0.882. The van der Waals surface area contributed by atoms with Crippen LogP contribution in [0.2, 0.25) is 0 Å². The van der Waals surface area contributed by atoms with Gasteiger partial charge in [-0.25, -0.2) is 0 Å². The van der Waals surface area contributed by atoms with Gasteiger partial charge < -0.3 is 10.2 Å². The molecule has 2 heterocycles. The fourth-order valence-corrected chi connectivity index (χ4v) is 3.95. The molecule has 1 atom stereocenters. The van der Waals surface area contributed by atoms with Crippen molar-refractivity contribution in [1.29, 1.82) is 0 Å². The topological polar surface area (TPSA) is 49.4 Å². The molecule has 0 spiro atoms. The minimum Gasteiger partial charge on any atom is -0.342 e. The Balaban J connectivity index is 2.24. The largest absolute Gasteiger partial charge is 0.342 e. The van der Waals surface area contributed by atoms with Crippen LogP contribution in [0.4, 0.5) is 0 Å². The normalized spacial score (nSPS) is 21.8. The van der Waals surface area contributed by atoms with Gasteiger partial charge in [-0.05, 0) is 54.2 Å². The number of nitrogens with one attached hydrogen (secondary N) is 1. The average Bonchev–Trinajstić information content (AvgIpc) is 2.77. The molecular weight excluding hydrogens is 352 g/mol. The molecule has 1 unspecified atom stereocenters. The highest BCUT2D eigenvalue weighted by Crippen LogP contribution is 2.29. The van der Waals surface area contributed by atoms with Crippen LogP contribution in [0.5, 0.6) is 0 Å². The number of rotatable bonds is 4. The van der Waals surface area contributed by atoms with Crippen LogP contribution < -0.4 is 5.32 Å². The molecule has 1 aromatic heterocycles. The average molecular weight is 373 g/mol. The zero-order valence-corrected chi connectivity index (χ0v) is 15.2. The van der Waals surface area contributed by atoms with Crippen LogP contribution in [0.3, 0.4) is 0 Å². The Bertz CT molecular complexity index is 554. The Kier molecular flexibility index (Phi) is 4.78. The maximum atomic E-state index is 12.7. The number of hydrogen-bond donors (Lipinski definition) is 1.